The number of hydrogen-bond acceptors (Lipinski definition) is 5. The van der Waals surface area contributed by atoms with Gasteiger partial charge in [0.2, 0.25) is 0 Å². The Morgan fingerprint density at radius 1 is 1.00 bits per heavy atom. The number of carbonyl (C=O) groups excluding carboxylic acids is 1. The zero-order chi connectivity index (χ0) is 20.8. The number of rotatable bonds is 8. The first-order valence-electron chi connectivity index (χ1n) is 9.93. The predicted octanol–water partition coefficient (Wildman–Crippen LogP) is 4.21. The van der Waals surface area contributed by atoms with E-state index in [4.69, 9.17) is 18.9 Å². The van der Waals surface area contributed by atoms with Crippen LogP contribution in [0.1, 0.15) is 32.6 Å². The van der Waals surface area contributed by atoms with E-state index in [-0.39, 0.29) is 11.9 Å². The van der Waals surface area contributed by atoms with Gasteiger partial charge in [-0.1, -0.05) is 25.0 Å². The molecule has 2 aromatic carbocycles. The Hall–Kier alpha value is -2.89. The van der Waals surface area contributed by atoms with E-state index in [1.807, 2.05) is 30.3 Å². The minimum atomic E-state index is -0.609. The van der Waals surface area contributed by atoms with Crippen LogP contribution in [0.5, 0.6) is 23.0 Å². The smallest absolute Gasteiger partial charge is 0.260 e. The average Bonchev–Trinajstić information content (AvgIpc) is 3.25. The van der Waals surface area contributed by atoms with E-state index in [9.17, 15) is 4.79 Å². The summed E-state index contributed by atoms with van der Waals surface area (Å²) in [5, 5.41) is 3.08. The fourth-order valence-electron chi connectivity index (χ4n) is 3.67. The van der Waals surface area contributed by atoms with Gasteiger partial charge in [0.15, 0.2) is 17.6 Å². The highest BCUT2D eigenvalue weighted by Gasteiger charge is 2.22. The maximum Gasteiger partial charge on any atom is 0.260 e. The Bertz CT molecular complexity index is 845. The van der Waals surface area contributed by atoms with Gasteiger partial charge in [0, 0.05) is 17.7 Å². The van der Waals surface area contributed by atoms with Crippen LogP contribution in [0.2, 0.25) is 0 Å². The Morgan fingerprint density at radius 3 is 2.38 bits per heavy atom. The highest BCUT2D eigenvalue weighted by molar-refractivity contribution is 5.81. The summed E-state index contributed by atoms with van der Waals surface area (Å²) in [5.74, 6) is 2.35. The summed E-state index contributed by atoms with van der Waals surface area (Å²) in [4.78, 5) is 12.5. The lowest BCUT2D eigenvalue weighted by atomic mass is 10.0. The Kier molecular flexibility index (Phi) is 6.86. The van der Waals surface area contributed by atoms with Gasteiger partial charge in [-0.05, 0) is 43.5 Å². The molecule has 6 nitrogen and oxygen atoms in total. The average molecular weight is 399 g/mol. The van der Waals surface area contributed by atoms with Crippen molar-refractivity contribution in [2.75, 3.05) is 21.3 Å². The summed E-state index contributed by atoms with van der Waals surface area (Å²) < 4.78 is 22.4. The number of nitrogens with one attached hydrogen (secondary N) is 1. The molecule has 1 aliphatic rings. The van der Waals surface area contributed by atoms with Crippen LogP contribution in [0, 0.1) is 0 Å². The first-order chi connectivity index (χ1) is 14.0. The second-order valence-electron chi connectivity index (χ2n) is 7.19. The van der Waals surface area contributed by atoms with Crippen LogP contribution in [0.15, 0.2) is 36.4 Å². The van der Waals surface area contributed by atoms with Crippen molar-refractivity contribution in [3.63, 3.8) is 0 Å². The number of carbonyl (C=O) groups is 1. The number of hydrogen-bond donors (Lipinski definition) is 1. The number of amides is 1. The lowest BCUT2D eigenvalue weighted by Crippen LogP contribution is -2.41. The molecule has 0 bridgehead atoms. The second kappa shape index (κ2) is 9.54. The summed E-state index contributed by atoms with van der Waals surface area (Å²) in [5.41, 5.74) is 1.69. The Morgan fingerprint density at radius 2 is 1.72 bits per heavy atom. The predicted molar refractivity (Wildman–Crippen MR) is 112 cm³/mol. The van der Waals surface area contributed by atoms with Crippen molar-refractivity contribution < 1.29 is 23.7 Å². The molecule has 1 N–H and O–H groups in total. The van der Waals surface area contributed by atoms with Gasteiger partial charge in [-0.2, -0.15) is 0 Å². The van der Waals surface area contributed by atoms with Gasteiger partial charge in [0.25, 0.3) is 5.91 Å². The summed E-state index contributed by atoms with van der Waals surface area (Å²) in [6, 6.07) is 11.5. The zero-order valence-corrected chi connectivity index (χ0v) is 17.5. The number of ether oxygens (including phenoxy) is 4. The van der Waals surface area contributed by atoms with Crippen molar-refractivity contribution >= 4 is 5.91 Å². The van der Waals surface area contributed by atoms with Crippen LogP contribution in [0.4, 0.5) is 0 Å². The molecule has 6 heteroatoms. The summed E-state index contributed by atoms with van der Waals surface area (Å²) >= 11 is 0. The highest BCUT2D eigenvalue weighted by Crippen LogP contribution is 2.40. The van der Waals surface area contributed by atoms with Crippen molar-refractivity contribution in [1.82, 2.24) is 5.32 Å². The third kappa shape index (κ3) is 4.94. The van der Waals surface area contributed by atoms with Crippen LogP contribution in [0.25, 0.3) is 11.1 Å². The first-order valence-corrected chi connectivity index (χ1v) is 9.93. The zero-order valence-electron chi connectivity index (χ0n) is 17.5. The van der Waals surface area contributed by atoms with Crippen LogP contribution in [-0.4, -0.2) is 39.4 Å². The Balaban J connectivity index is 1.85. The van der Waals surface area contributed by atoms with Crippen molar-refractivity contribution in [2.45, 2.75) is 44.8 Å². The topological polar surface area (TPSA) is 66.0 Å². The molecule has 2 aromatic rings. The van der Waals surface area contributed by atoms with Crippen molar-refractivity contribution in [3.8, 4) is 34.1 Å². The van der Waals surface area contributed by atoms with Crippen molar-refractivity contribution in [2.24, 2.45) is 0 Å². The Labute approximate surface area is 172 Å². The van der Waals surface area contributed by atoms with Crippen LogP contribution >= 0.6 is 0 Å². The van der Waals surface area contributed by atoms with E-state index >= 15 is 0 Å². The van der Waals surface area contributed by atoms with E-state index in [0.29, 0.717) is 23.0 Å². The molecule has 1 saturated carbocycles. The molecule has 0 aromatic heterocycles. The van der Waals surface area contributed by atoms with Gasteiger partial charge in [-0.25, -0.2) is 0 Å². The molecule has 156 valence electrons. The van der Waals surface area contributed by atoms with Gasteiger partial charge in [-0.3, -0.25) is 4.79 Å². The lowest BCUT2D eigenvalue weighted by molar-refractivity contribution is -0.127. The summed E-state index contributed by atoms with van der Waals surface area (Å²) in [7, 11) is 4.81. The molecule has 3 rings (SSSR count). The van der Waals surface area contributed by atoms with Crippen LogP contribution < -0.4 is 24.3 Å². The van der Waals surface area contributed by atoms with Crippen molar-refractivity contribution in [1.29, 1.82) is 0 Å². The maximum absolute atomic E-state index is 12.5. The second-order valence-corrected chi connectivity index (χ2v) is 7.19. The maximum atomic E-state index is 12.5. The molecular formula is C23H29NO5. The third-order valence-corrected chi connectivity index (χ3v) is 5.21. The standard InChI is InChI=1S/C23H29NO5/c1-15(23(25)24-17-8-5-6-9-17)29-19-13-16(12-18(14-19)26-2)20-10-7-11-21(27-3)22(20)28-4/h7,10-15,17H,5-6,8-9H2,1-4H3,(H,24,25). The molecule has 1 fully saturated rings. The number of benzene rings is 2. The summed E-state index contributed by atoms with van der Waals surface area (Å²) in [6.45, 7) is 1.76. The monoisotopic (exact) mass is 399 g/mol. The van der Waals surface area contributed by atoms with E-state index in [1.54, 1.807) is 34.3 Å². The van der Waals surface area contributed by atoms with Gasteiger partial charge < -0.3 is 24.3 Å². The SMILES string of the molecule is COc1cc(OC(C)C(=O)NC2CCCC2)cc(-c2cccc(OC)c2OC)c1. The number of para-hydroxylation sites is 1. The third-order valence-electron chi connectivity index (χ3n) is 5.21. The highest BCUT2D eigenvalue weighted by atomic mass is 16.5. The molecule has 0 aliphatic heterocycles. The molecule has 1 amide bonds. The van der Waals surface area contributed by atoms with Crippen molar-refractivity contribution in [3.05, 3.63) is 36.4 Å². The molecule has 1 unspecified atom stereocenters. The van der Waals surface area contributed by atoms with Gasteiger partial charge in [0.05, 0.1) is 21.3 Å². The molecule has 0 radical (unpaired) electrons. The fraction of sp³-hybridized carbons (Fsp3) is 0.435. The minimum Gasteiger partial charge on any atom is -0.497 e. The van der Waals surface area contributed by atoms with Gasteiger partial charge in [0.1, 0.15) is 11.5 Å². The molecular weight excluding hydrogens is 370 g/mol. The molecule has 1 atom stereocenters. The molecule has 0 spiro atoms. The summed E-state index contributed by atoms with van der Waals surface area (Å²) in [6.07, 6.45) is 3.81. The normalized spacial score (nSPS) is 14.9. The quantitative estimate of drug-likeness (QED) is 0.720. The lowest BCUT2D eigenvalue weighted by Gasteiger charge is -2.19. The minimum absolute atomic E-state index is 0.0970. The number of methoxy groups -OCH3 is 3. The molecule has 0 saturated heterocycles. The molecule has 0 heterocycles. The largest absolute Gasteiger partial charge is 0.497 e. The fourth-order valence-corrected chi connectivity index (χ4v) is 3.67. The molecule has 1 aliphatic carbocycles. The first kappa shape index (κ1) is 20.8. The van der Waals surface area contributed by atoms with Crippen LogP contribution in [0.3, 0.4) is 0 Å². The van der Waals surface area contributed by atoms with E-state index in [0.717, 1.165) is 24.0 Å². The van der Waals surface area contributed by atoms with Gasteiger partial charge >= 0.3 is 0 Å². The van der Waals surface area contributed by atoms with E-state index in [1.165, 1.54) is 12.8 Å². The van der Waals surface area contributed by atoms with E-state index in [2.05, 4.69) is 5.32 Å². The van der Waals surface area contributed by atoms with Crippen LogP contribution in [-0.2, 0) is 4.79 Å². The van der Waals surface area contributed by atoms with E-state index < -0.39 is 6.10 Å². The van der Waals surface area contributed by atoms with Gasteiger partial charge in [-0.15, -0.1) is 0 Å². The molecule has 29 heavy (non-hydrogen) atoms.